The molecule has 10 heavy (non-hydrogen) atoms. The van der Waals surface area contributed by atoms with E-state index in [1.807, 2.05) is 0 Å². The van der Waals surface area contributed by atoms with Crippen LogP contribution in [0.25, 0.3) is 0 Å². The summed E-state index contributed by atoms with van der Waals surface area (Å²) in [5.74, 6) is 1.15. The summed E-state index contributed by atoms with van der Waals surface area (Å²) in [4.78, 5) is 0. The molecule has 0 aromatic carbocycles. The van der Waals surface area contributed by atoms with Crippen LogP contribution in [0.3, 0.4) is 0 Å². The van der Waals surface area contributed by atoms with Gasteiger partial charge < -0.3 is 10.8 Å². The van der Waals surface area contributed by atoms with Crippen molar-refractivity contribution >= 4 is 0 Å². The third-order valence-electron chi connectivity index (χ3n) is 3.24. The molecule has 2 bridgehead atoms. The van der Waals surface area contributed by atoms with Crippen molar-refractivity contribution in [2.75, 3.05) is 0 Å². The van der Waals surface area contributed by atoms with Crippen LogP contribution in [-0.2, 0) is 0 Å². The molecule has 3 rings (SSSR count). The Balaban J connectivity index is 2.13. The van der Waals surface area contributed by atoms with Crippen molar-refractivity contribution in [2.24, 2.45) is 17.6 Å². The van der Waals surface area contributed by atoms with Crippen LogP contribution in [0.5, 0.6) is 0 Å². The summed E-state index contributed by atoms with van der Waals surface area (Å²) in [6, 6.07) is 0.0903. The molecule has 3 aliphatic carbocycles. The van der Waals surface area contributed by atoms with Crippen LogP contribution in [0, 0.1) is 11.8 Å². The second kappa shape index (κ2) is 2.21. The van der Waals surface area contributed by atoms with E-state index in [0.717, 1.165) is 0 Å². The van der Waals surface area contributed by atoms with Crippen molar-refractivity contribution in [3.8, 4) is 0 Å². The van der Waals surface area contributed by atoms with E-state index >= 15 is 0 Å². The van der Waals surface area contributed by atoms with Gasteiger partial charge in [0.1, 0.15) is 0 Å². The van der Waals surface area contributed by atoms with Crippen LogP contribution in [0.15, 0.2) is 0 Å². The summed E-state index contributed by atoms with van der Waals surface area (Å²) in [6.07, 6.45) is 4.73. The fraction of sp³-hybridized carbons (Fsp3) is 1.00. The van der Waals surface area contributed by atoms with E-state index in [1.165, 1.54) is 25.7 Å². The Morgan fingerprint density at radius 1 is 1.00 bits per heavy atom. The minimum absolute atomic E-state index is 0.0903. The first-order valence-corrected chi connectivity index (χ1v) is 4.22. The topological polar surface area (TPSA) is 46.2 Å². The van der Waals surface area contributed by atoms with Gasteiger partial charge in [-0.15, -0.1) is 0 Å². The molecule has 0 spiro atoms. The first-order valence-electron chi connectivity index (χ1n) is 4.22. The number of aliphatic hydroxyl groups excluding tert-OH is 1. The van der Waals surface area contributed by atoms with E-state index in [1.54, 1.807) is 0 Å². The Morgan fingerprint density at radius 2 is 1.50 bits per heavy atom. The Morgan fingerprint density at radius 3 is 1.80 bits per heavy atom. The lowest BCUT2D eigenvalue weighted by atomic mass is 9.66. The number of hydrogen-bond acceptors (Lipinski definition) is 2. The first kappa shape index (κ1) is 6.62. The van der Waals surface area contributed by atoms with Crippen molar-refractivity contribution in [3.05, 3.63) is 0 Å². The molecule has 2 atom stereocenters. The summed E-state index contributed by atoms with van der Waals surface area (Å²) in [5, 5.41) is 9.54. The van der Waals surface area contributed by atoms with Gasteiger partial charge in [-0.25, -0.2) is 0 Å². The predicted molar refractivity (Wildman–Crippen MR) is 39.4 cm³/mol. The van der Waals surface area contributed by atoms with Gasteiger partial charge in [-0.2, -0.15) is 0 Å². The van der Waals surface area contributed by atoms with Gasteiger partial charge in [0, 0.05) is 6.04 Å². The Hall–Kier alpha value is -0.0800. The average molecular weight is 141 g/mol. The van der Waals surface area contributed by atoms with Crippen LogP contribution < -0.4 is 5.73 Å². The molecule has 2 heteroatoms. The molecule has 2 nitrogen and oxygen atoms in total. The van der Waals surface area contributed by atoms with Gasteiger partial charge in [0.2, 0.25) is 0 Å². The summed E-state index contributed by atoms with van der Waals surface area (Å²) >= 11 is 0. The summed E-state index contributed by atoms with van der Waals surface area (Å²) < 4.78 is 0. The van der Waals surface area contributed by atoms with E-state index in [2.05, 4.69) is 0 Å². The van der Waals surface area contributed by atoms with Crippen LogP contribution in [0.4, 0.5) is 0 Å². The fourth-order valence-electron chi connectivity index (χ4n) is 2.46. The summed E-state index contributed by atoms with van der Waals surface area (Å²) in [5.41, 5.74) is 5.81. The van der Waals surface area contributed by atoms with E-state index in [4.69, 9.17) is 5.73 Å². The zero-order valence-corrected chi connectivity index (χ0v) is 6.16. The largest absolute Gasteiger partial charge is 0.391 e. The molecule has 3 aliphatic rings. The van der Waals surface area contributed by atoms with E-state index in [-0.39, 0.29) is 12.1 Å². The molecule has 3 saturated carbocycles. The highest BCUT2D eigenvalue weighted by molar-refractivity contribution is 4.94. The van der Waals surface area contributed by atoms with Gasteiger partial charge in [-0.05, 0) is 37.5 Å². The van der Waals surface area contributed by atoms with Crippen molar-refractivity contribution in [3.63, 3.8) is 0 Å². The molecule has 0 unspecified atom stereocenters. The van der Waals surface area contributed by atoms with Crippen molar-refractivity contribution in [1.82, 2.24) is 0 Å². The molecule has 0 amide bonds. The monoisotopic (exact) mass is 141 g/mol. The van der Waals surface area contributed by atoms with Crippen LogP contribution in [-0.4, -0.2) is 17.3 Å². The highest BCUT2D eigenvalue weighted by atomic mass is 16.3. The maximum atomic E-state index is 9.54. The Labute approximate surface area is 61.4 Å². The molecule has 0 radical (unpaired) electrons. The Kier molecular flexibility index (Phi) is 1.46. The average Bonchev–Trinajstić information content (AvgIpc) is 2.00. The minimum Gasteiger partial charge on any atom is -0.391 e. The number of nitrogens with two attached hydrogens (primary N) is 1. The molecule has 0 aliphatic heterocycles. The molecule has 0 aromatic rings. The standard InChI is InChI=1S/C8H15NO/c9-7-5-1-3-6(4-2-5)8(7)10/h5-8,10H,1-4,9H2/t5?,6?,7-,8-/m1/s1. The summed E-state index contributed by atoms with van der Waals surface area (Å²) in [6.45, 7) is 0. The quantitative estimate of drug-likeness (QED) is 0.516. The predicted octanol–water partition coefficient (Wildman–Crippen LogP) is 0.495. The molecule has 58 valence electrons. The lowest BCUT2D eigenvalue weighted by molar-refractivity contribution is -0.0176. The third kappa shape index (κ3) is 0.789. The van der Waals surface area contributed by atoms with Gasteiger partial charge >= 0.3 is 0 Å². The van der Waals surface area contributed by atoms with Crippen molar-refractivity contribution < 1.29 is 5.11 Å². The maximum Gasteiger partial charge on any atom is 0.0721 e. The van der Waals surface area contributed by atoms with Crippen LogP contribution in [0.2, 0.25) is 0 Å². The van der Waals surface area contributed by atoms with Crippen LogP contribution in [0.1, 0.15) is 25.7 Å². The lowest BCUT2D eigenvalue weighted by Gasteiger charge is -2.44. The number of rotatable bonds is 0. The normalized spacial score (nSPS) is 53.4. The van der Waals surface area contributed by atoms with Crippen molar-refractivity contribution in [2.45, 2.75) is 37.8 Å². The molecular weight excluding hydrogens is 126 g/mol. The smallest absolute Gasteiger partial charge is 0.0721 e. The molecule has 0 aromatic heterocycles. The van der Waals surface area contributed by atoms with Gasteiger partial charge in [0.05, 0.1) is 6.10 Å². The number of hydrogen-bond donors (Lipinski definition) is 2. The Bertz CT molecular complexity index is 109. The molecule has 3 N–H and O–H groups in total. The molecule has 0 heterocycles. The second-order valence-corrected chi connectivity index (χ2v) is 3.74. The van der Waals surface area contributed by atoms with E-state index in [0.29, 0.717) is 11.8 Å². The van der Waals surface area contributed by atoms with E-state index < -0.39 is 0 Å². The molecule has 3 fully saturated rings. The van der Waals surface area contributed by atoms with Gasteiger partial charge in [0.15, 0.2) is 0 Å². The third-order valence-corrected chi connectivity index (χ3v) is 3.24. The van der Waals surface area contributed by atoms with Gasteiger partial charge in [-0.3, -0.25) is 0 Å². The van der Waals surface area contributed by atoms with E-state index in [9.17, 15) is 5.11 Å². The highest BCUT2D eigenvalue weighted by Gasteiger charge is 2.40. The molecule has 0 saturated heterocycles. The first-order chi connectivity index (χ1) is 4.79. The van der Waals surface area contributed by atoms with Crippen molar-refractivity contribution in [1.29, 1.82) is 0 Å². The number of aliphatic hydroxyl groups is 1. The molecular formula is C8H15NO. The SMILES string of the molecule is N[C@@H]1C2CCC(CC2)[C@H]1O. The maximum absolute atomic E-state index is 9.54. The zero-order valence-electron chi connectivity index (χ0n) is 6.16. The fourth-order valence-corrected chi connectivity index (χ4v) is 2.46. The van der Waals surface area contributed by atoms with Gasteiger partial charge in [0.25, 0.3) is 0 Å². The lowest BCUT2D eigenvalue weighted by Crippen LogP contribution is -2.52. The summed E-state index contributed by atoms with van der Waals surface area (Å²) in [7, 11) is 0. The number of fused-ring (bicyclic) bond motifs is 3. The highest BCUT2D eigenvalue weighted by Crippen LogP contribution is 2.40. The second-order valence-electron chi connectivity index (χ2n) is 3.74. The van der Waals surface area contributed by atoms with Crippen LogP contribution >= 0.6 is 0 Å². The minimum atomic E-state index is -0.188. The van der Waals surface area contributed by atoms with Gasteiger partial charge in [-0.1, -0.05) is 0 Å². The zero-order chi connectivity index (χ0) is 7.14.